The normalized spacial score (nSPS) is 14.5. The van der Waals surface area contributed by atoms with Gasteiger partial charge in [0.1, 0.15) is 16.8 Å². The van der Waals surface area contributed by atoms with Gasteiger partial charge in [0, 0.05) is 42.3 Å². The number of amides is 1. The first-order valence-electron chi connectivity index (χ1n) is 11.0. The maximum absolute atomic E-state index is 15.6. The lowest BCUT2D eigenvalue weighted by molar-refractivity contribution is 0.00848. The Bertz CT molecular complexity index is 1400. The van der Waals surface area contributed by atoms with Gasteiger partial charge in [0.25, 0.3) is 0 Å². The molecule has 176 valence electrons. The summed E-state index contributed by atoms with van der Waals surface area (Å²) in [6.07, 6.45) is 1.29. The average Bonchev–Trinajstić information content (AvgIpc) is 3.16. The Hall–Kier alpha value is -3.39. The molecule has 0 bridgehead atoms. The van der Waals surface area contributed by atoms with Crippen molar-refractivity contribution in [1.82, 2.24) is 20.1 Å². The summed E-state index contributed by atoms with van der Waals surface area (Å²) in [7, 11) is 1.88. The number of halogens is 2. The van der Waals surface area contributed by atoms with E-state index in [4.69, 9.17) is 16.3 Å². The monoisotopic (exact) mass is 481 g/mol. The van der Waals surface area contributed by atoms with Gasteiger partial charge < -0.3 is 14.5 Å². The minimum Gasteiger partial charge on any atom is -0.444 e. The maximum Gasteiger partial charge on any atom is 0.410 e. The Morgan fingerprint density at radius 2 is 1.94 bits per heavy atom. The largest absolute Gasteiger partial charge is 0.444 e. The zero-order valence-electron chi connectivity index (χ0n) is 19.4. The van der Waals surface area contributed by atoms with E-state index >= 15 is 4.39 Å². The molecule has 1 aliphatic heterocycles. The fourth-order valence-electron chi connectivity index (χ4n) is 4.23. The van der Waals surface area contributed by atoms with E-state index in [1.165, 1.54) is 0 Å². The first-order chi connectivity index (χ1) is 16.1. The minimum absolute atomic E-state index is 0.0404. The Labute approximate surface area is 201 Å². The molecule has 5 rings (SSSR count). The molecule has 1 saturated heterocycles. The second-order valence-electron chi connectivity index (χ2n) is 9.55. The summed E-state index contributed by atoms with van der Waals surface area (Å²) in [6, 6.07) is 11.2. The van der Waals surface area contributed by atoms with Crippen molar-refractivity contribution in [1.29, 1.82) is 0 Å². The van der Waals surface area contributed by atoms with Crippen LogP contribution in [0.15, 0.2) is 42.6 Å². The number of benzene rings is 2. The molecule has 0 saturated carbocycles. The molecule has 1 aliphatic rings. The van der Waals surface area contributed by atoms with E-state index in [0.717, 1.165) is 10.8 Å². The predicted molar refractivity (Wildman–Crippen MR) is 132 cm³/mol. The molecule has 1 fully saturated rings. The fourth-order valence-corrected chi connectivity index (χ4v) is 4.52. The molecule has 2 aromatic carbocycles. The molecule has 34 heavy (non-hydrogen) atoms. The topological polar surface area (TPSA) is 74.4 Å². The van der Waals surface area contributed by atoms with E-state index < -0.39 is 11.4 Å². The number of ether oxygens (including phenoxy) is 1. The van der Waals surface area contributed by atoms with Gasteiger partial charge in [-0.15, -0.1) is 0 Å². The van der Waals surface area contributed by atoms with Gasteiger partial charge in [-0.1, -0.05) is 41.9 Å². The standard InChI is InChI=1S/C25H25ClFN5O2/c1-25(2,3)34-24(33)32-12-15(13-32)31(4)23-17-11-28-21(20(27)22(17)29-30-23)16-9-5-7-14-8-6-10-18(26)19(14)16/h5-11,15H,12-13H2,1-4H3,(H,29,30). The number of fused-ring (bicyclic) bond motifs is 2. The van der Waals surface area contributed by atoms with E-state index in [1.54, 1.807) is 17.2 Å². The number of nitrogens with one attached hydrogen (secondary N) is 1. The Balaban J connectivity index is 1.43. The Kier molecular flexibility index (Phi) is 5.36. The quantitative estimate of drug-likeness (QED) is 0.410. The first-order valence-corrected chi connectivity index (χ1v) is 11.4. The highest BCUT2D eigenvalue weighted by molar-refractivity contribution is 6.36. The SMILES string of the molecule is CN(c1n[nH]c2c(F)c(-c3cccc4cccc(Cl)c34)ncc12)C1CN(C(=O)OC(C)(C)C)C1. The molecule has 0 atom stereocenters. The summed E-state index contributed by atoms with van der Waals surface area (Å²) in [6.45, 7) is 6.52. The number of pyridine rings is 1. The van der Waals surface area contributed by atoms with Crippen LogP contribution in [0.3, 0.4) is 0 Å². The second-order valence-corrected chi connectivity index (χ2v) is 9.96. The molecule has 1 N–H and O–H groups in total. The third-order valence-electron chi connectivity index (χ3n) is 6.04. The molecule has 1 amide bonds. The van der Waals surface area contributed by atoms with Crippen molar-refractivity contribution in [3.63, 3.8) is 0 Å². The smallest absolute Gasteiger partial charge is 0.410 e. The molecule has 3 heterocycles. The first kappa shape index (κ1) is 22.4. The van der Waals surface area contributed by atoms with Gasteiger partial charge in [-0.2, -0.15) is 5.10 Å². The number of aromatic nitrogens is 3. The number of rotatable bonds is 3. The number of anilines is 1. The highest BCUT2D eigenvalue weighted by Gasteiger charge is 2.37. The van der Waals surface area contributed by atoms with Gasteiger partial charge in [-0.3, -0.25) is 10.1 Å². The van der Waals surface area contributed by atoms with E-state index in [2.05, 4.69) is 15.2 Å². The van der Waals surface area contributed by atoms with E-state index in [-0.39, 0.29) is 23.3 Å². The Morgan fingerprint density at radius 3 is 2.65 bits per heavy atom. The van der Waals surface area contributed by atoms with Crippen molar-refractivity contribution in [2.24, 2.45) is 0 Å². The van der Waals surface area contributed by atoms with Crippen molar-refractivity contribution in [2.45, 2.75) is 32.4 Å². The van der Waals surface area contributed by atoms with Crippen LogP contribution in [0.1, 0.15) is 20.8 Å². The lowest BCUT2D eigenvalue weighted by Crippen LogP contribution is -2.61. The van der Waals surface area contributed by atoms with Crippen LogP contribution in [0.5, 0.6) is 0 Å². The third kappa shape index (κ3) is 3.81. The molecular formula is C25H25ClFN5O2. The second kappa shape index (κ2) is 8.13. The third-order valence-corrected chi connectivity index (χ3v) is 6.35. The molecule has 0 spiro atoms. The summed E-state index contributed by atoms with van der Waals surface area (Å²) >= 11 is 6.44. The summed E-state index contributed by atoms with van der Waals surface area (Å²) < 4.78 is 21.1. The zero-order valence-corrected chi connectivity index (χ0v) is 20.2. The van der Waals surface area contributed by atoms with Gasteiger partial charge in [0.15, 0.2) is 11.6 Å². The van der Waals surface area contributed by atoms with Crippen LogP contribution < -0.4 is 4.90 Å². The molecule has 2 aromatic heterocycles. The number of hydrogen-bond acceptors (Lipinski definition) is 5. The summed E-state index contributed by atoms with van der Waals surface area (Å²) in [5.74, 6) is 0.0961. The summed E-state index contributed by atoms with van der Waals surface area (Å²) in [5, 5.41) is 9.98. The number of H-pyrrole nitrogens is 1. The van der Waals surface area contributed by atoms with Crippen molar-refractivity contribution in [2.75, 3.05) is 25.0 Å². The number of aromatic amines is 1. The fraction of sp³-hybridized carbons (Fsp3) is 0.320. The van der Waals surface area contributed by atoms with Crippen LogP contribution in [0.4, 0.5) is 15.0 Å². The number of nitrogens with zero attached hydrogens (tertiary/aromatic N) is 4. The number of likely N-dealkylation sites (N-methyl/N-ethyl adjacent to an activating group) is 1. The van der Waals surface area contributed by atoms with Crippen LogP contribution in [0.2, 0.25) is 5.02 Å². The van der Waals surface area contributed by atoms with E-state index in [1.807, 2.05) is 63.1 Å². The molecule has 9 heteroatoms. The van der Waals surface area contributed by atoms with Gasteiger partial charge in [0.2, 0.25) is 0 Å². The highest BCUT2D eigenvalue weighted by Crippen LogP contribution is 2.37. The molecular weight excluding hydrogens is 457 g/mol. The lowest BCUT2D eigenvalue weighted by atomic mass is 10.0. The number of carbonyl (C=O) groups is 1. The van der Waals surface area contributed by atoms with Gasteiger partial charge in [-0.25, -0.2) is 9.18 Å². The van der Waals surface area contributed by atoms with Gasteiger partial charge in [0.05, 0.1) is 11.4 Å². The lowest BCUT2D eigenvalue weighted by Gasteiger charge is -2.44. The highest BCUT2D eigenvalue weighted by atomic mass is 35.5. The van der Waals surface area contributed by atoms with Crippen LogP contribution in [0, 0.1) is 5.82 Å². The van der Waals surface area contributed by atoms with Gasteiger partial charge >= 0.3 is 6.09 Å². The maximum atomic E-state index is 15.6. The molecule has 4 aromatic rings. The van der Waals surface area contributed by atoms with Crippen LogP contribution >= 0.6 is 11.6 Å². The zero-order chi connectivity index (χ0) is 24.2. The molecule has 0 unspecified atom stereocenters. The summed E-state index contributed by atoms with van der Waals surface area (Å²) in [4.78, 5) is 20.3. The van der Waals surface area contributed by atoms with E-state index in [9.17, 15) is 4.79 Å². The molecule has 0 radical (unpaired) electrons. The predicted octanol–water partition coefficient (Wildman–Crippen LogP) is 5.63. The average molecular weight is 482 g/mol. The Morgan fingerprint density at radius 1 is 1.24 bits per heavy atom. The number of hydrogen-bond donors (Lipinski definition) is 1. The minimum atomic E-state index is -0.540. The van der Waals surface area contributed by atoms with E-state index in [0.29, 0.717) is 34.9 Å². The van der Waals surface area contributed by atoms with Crippen LogP contribution in [-0.4, -0.2) is 58.0 Å². The van der Waals surface area contributed by atoms with Crippen molar-refractivity contribution >= 4 is 45.2 Å². The van der Waals surface area contributed by atoms with Crippen molar-refractivity contribution in [3.8, 4) is 11.3 Å². The van der Waals surface area contributed by atoms with Gasteiger partial charge in [-0.05, 0) is 32.2 Å². The molecule has 0 aliphatic carbocycles. The molecule has 7 nitrogen and oxygen atoms in total. The van der Waals surface area contributed by atoms with Crippen molar-refractivity contribution < 1.29 is 13.9 Å². The van der Waals surface area contributed by atoms with Crippen LogP contribution in [-0.2, 0) is 4.74 Å². The summed E-state index contributed by atoms with van der Waals surface area (Å²) in [5.41, 5.74) is 0.573. The van der Waals surface area contributed by atoms with Crippen molar-refractivity contribution in [3.05, 3.63) is 53.4 Å². The number of likely N-dealkylation sites (tertiary alicyclic amines) is 1. The van der Waals surface area contributed by atoms with Crippen LogP contribution in [0.25, 0.3) is 32.9 Å². The number of carbonyl (C=O) groups excluding carboxylic acids is 1.